The maximum absolute atomic E-state index is 5.32. The number of nitrogens with one attached hydrogen (secondary N) is 1. The lowest BCUT2D eigenvalue weighted by molar-refractivity contribution is 0.185. The third kappa shape index (κ3) is 3.77. The van der Waals surface area contributed by atoms with Gasteiger partial charge in [-0.3, -0.25) is 4.57 Å². The van der Waals surface area contributed by atoms with Crippen LogP contribution in [0.4, 0.5) is 0 Å². The largest absolute Gasteiger partial charge is 0.383 e. The van der Waals surface area contributed by atoms with Gasteiger partial charge >= 0.3 is 0 Å². The highest BCUT2D eigenvalue weighted by Gasteiger charge is 2.17. The van der Waals surface area contributed by atoms with Crippen molar-refractivity contribution in [3.63, 3.8) is 0 Å². The number of ether oxygens (including phenoxy) is 1. The van der Waals surface area contributed by atoms with Crippen LogP contribution in [0.5, 0.6) is 0 Å². The van der Waals surface area contributed by atoms with Gasteiger partial charge in [0, 0.05) is 35.5 Å². The van der Waals surface area contributed by atoms with E-state index in [0.29, 0.717) is 13.2 Å². The number of methoxy groups -OCH3 is 1. The minimum Gasteiger partial charge on any atom is -0.383 e. The summed E-state index contributed by atoms with van der Waals surface area (Å²) < 4.78 is 7.47. The normalized spacial score (nSPS) is 11.3. The van der Waals surface area contributed by atoms with Crippen molar-refractivity contribution in [2.75, 3.05) is 13.7 Å². The summed E-state index contributed by atoms with van der Waals surface area (Å²) >= 11 is 1.71. The summed E-state index contributed by atoms with van der Waals surface area (Å²) in [5.41, 5.74) is 4.72. The molecular weight excluding hydrogens is 356 g/mol. The second-order valence-corrected chi connectivity index (χ2v) is 7.42. The molecule has 0 aliphatic carbocycles. The second kappa shape index (κ2) is 7.98. The molecule has 2 heterocycles. The second-order valence-electron chi connectivity index (χ2n) is 6.48. The molecular formula is C21H22N4OS. The molecule has 0 atom stereocenters. The first kappa shape index (κ1) is 17.8. The number of aryl methyl sites for hydroxylation is 1. The maximum atomic E-state index is 5.32. The van der Waals surface area contributed by atoms with Crippen molar-refractivity contribution >= 4 is 22.7 Å². The lowest BCUT2D eigenvalue weighted by Crippen LogP contribution is -2.07. The van der Waals surface area contributed by atoms with E-state index in [9.17, 15) is 0 Å². The van der Waals surface area contributed by atoms with E-state index < -0.39 is 0 Å². The van der Waals surface area contributed by atoms with Crippen LogP contribution in [0, 0.1) is 6.92 Å². The Hall–Kier alpha value is -2.57. The maximum Gasteiger partial charge on any atom is 0.191 e. The van der Waals surface area contributed by atoms with Crippen molar-refractivity contribution in [3.05, 3.63) is 65.9 Å². The molecule has 2 aromatic heterocycles. The average molecular weight is 379 g/mol. The minimum absolute atomic E-state index is 0.616. The Bertz CT molecular complexity index is 1050. The summed E-state index contributed by atoms with van der Waals surface area (Å²) in [5, 5.41) is 11.0. The number of aromatic amines is 1. The lowest BCUT2D eigenvalue weighted by Gasteiger charge is -2.09. The van der Waals surface area contributed by atoms with Gasteiger partial charge in [-0.05, 0) is 18.6 Å². The molecule has 0 aliphatic heterocycles. The number of fused-ring (bicyclic) bond motifs is 1. The van der Waals surface area contributed by atoms with E-state index in [1.54, 1.807) is 18.9 Å². The van der Waals surface area contributed by atoms with Crippen LogP contribution in [0.2, 0.25) is 0 Å². The summed E-state index contributed by atoms with van der Waals surface area (Å²) in [4.78, 5) is 3.32. The van der Waals surface area contributed by atoms with Crippen molar-refractivity contribution < 1.29 is 4.74 Å². The first-order valence-electron chi connectivity index (χ1n) is 8.93. The zero-order valence-electron chi connectivity index (χ0n) is 15.5. The fourth-order valence-electron chi connectivity index (χ4n) is 3.19. The zero-order chi connectivity index (χ0) is 18.6. The van der Waals surface area contributed by atoms with Crippen LogP contribution in [0.15, 0.2) is 59.9 Å². The van der Waals surface area contributed by atoms with Gasteiger partial charge in [0.25, 0.3) is 0 Å². The zero-order valence-corrected chi connectivity index (χ0v) is 16.3. The van der Waals surface area contributed by atoms with Crippen molar-refractivity contribution in [1.82, 2.24) is 19.7 Å². The highest BCUT2D eigenvalue weighted by molar-refractivity contribution is 7.98. The molecule has 4 aromatic rings. The van der Waals surface area contributed by atoms with Crippen LogP contribution in [0.3, 0.4) is 0 Å². The van der Waals surface area contributed by atoms with E-state index in [2.05, 4.69) is 63.1 Å². The summed E-state index contributed by atoms with van der Waals surface area (Å²) in [5.74, 6) is 1.73. The van der Waals surface area contributed by atoms with Crippen LogP contribution >= 0.6 is 11.8 Å². The SMILES string of the molecule is COCCn1c(SCc2cccc(C)c2)nnc1-c1c[nH]c2ccccc12. The molecule has 0 saturated carbocycles. The van der Waals surface area contributed by atoms with Crippen LogP contribution in [-0.4, -0.2) is 33.5 Å². The smallest absolute Gasteiger partial charge is 0.191 e. The molecule has 6 heteroatoms. The lowest BCUT2D eigenvalue weighted by atomic mass is 10.1. The van der Waals surface area contributed by atoms with Gasteiger partial charge in [0.2, 0.25) is 0 Å². The standard InChI is InChI=1S/C21H22N4OS/c1-15-6-5-7-16(12-15)14-27-21-24-23-20(25(21)10-11-26-2)18-13-22-19-9-4-3-8-17(18)19/h3-9,12-13,22H,10-11,14H2,1-2H3. The third-order valence-electron chi connectivity index (χ3n) is 4.52. The molecule has 0 saturated heterocycles. The summed E-state index contributed by atoms with van der Waals surface area (Å²) in [6, 6.07) is 16.8. The van der Waals surface area contributed by atoms with Gasteiger partial charge in [-0.1, -0.05) is 59.8 Å². The number of H-pyrrole nitrogens is 1. The van der Waals surface area contributed by atoms with E-state index in [1.165, 1.54) is 11.1 Å². The predicted molar refractivity (Wildman–Crippen MR) is 110 cm³/mol. The Balaban J connectivity index is 1.66. The van der Waals surface area contributed by atoms with E-state index in [0.717, 1.165) is 33.2 Å². The number of nitrogens with zero attached hydrogens (tertiary/aromatic N) is 3. The Kier molecular flexibility index (Phi) is 5.27. The molecule has 0 aliphatic rings. The van der Waals surface area contributed by atoms with E-state index in [-0.39, 0.29) is 0 Å². The van der Waals surface area contributed by atoms with Gasteiger partial charge in [0.15, 0.2) is 11.0 Å². The quantitative estimate of drug-likeness (QED) is 0.475. The fourth-order valence-corrected chi connectivity index (χ4v) is 4.09. The Labute approximate surface area is 162 Å². The molecule has 1 N–H and O–H groups in total. The molecule has 4 rings (SSSR count). The molecule has 27 heavy (non-hydrogen) atoms. The topological polar surface area (TPSA) is 55.7 Å². The van der Waals surface area contributed by atoms with Gasteiger partial charge in [-0.2, -0.15) is 0 Å². The number of hydrogen-bond donors (Lipinski definition) is 1. The van der Waals surface area contributed by atoms with Crippen LogP contribution in [0.25, 0.3) is 22.3 Å². The Morgan fingerprint density at radius 3 is 2.85 bits per heavy atom. The average Bonchev–Trinajstić information content (AvgIpc) is 3.28. The predicted octanol–water partition coefficient (Wildman–Crippen LogP) is 4.67. The number of aromatic nitrogens is 4. The molecule has 0 radical (unpaired) electrons. The van der Waals surface area contributed by atoms with Crippen molar-refractivity contribution in [1.29, 1.82) is 0 Å². The molecule has 0 spiro atoms. The van der Waals surface area contributed by atoms with Gasteiger partial charge in [-0.15, -0.1) is 10.2 Å². The minimum atomic E-state index is 0.616. The summed E-state index contributed by atoms with van der Waals surface area (Å²) in [7, 11) is 1.72. The monoisotopic (exact) mass is 378 g/mol. The molecule has 0 unspecified atom stereocenters. The molecule has 0 fully saturated rings. The highest BCUT2D eigenvalue weighted by atomic mass is 32.2. The molecule has 2 aromatic carbocycles. The van der Waals surface area contributed by atoms with Crippen molar-refractivity contribution in [3.8, 4) is 11.4 Å². The fraction of sp³-hybridized carbons (Fsp3) is 0.238. The summed E-state index contributed by atoms with van der Waals surface area (Å²) in [6.07, 6.45) is 2.01. The number of rotatable bonds is 7. The number of para-hydroxylation sites is 1. The number of hydrogen-bond acceptors (Lipinski definition) is 4. The number of benzene rings is 2. The Morgan fingerprint density at radius 2 is 2.00 bits per heavy atom. The van der Waals surface area contributed by atoms with E-state index in [4.69, 9.17) is 4.74 Å². The van der Waals surface area contributed by atoms with E-state index in [1.807, 2.05) is 18.3 Å². The first-order chi connectivity index (χ1) is 13.3. The third-order valence-corrected chi connectivity index (χ3v) is 5.55. The van der Waals surface area contributed by atoms with Gasteiger partial charge in [0.1, 0.15) is 0 Å². The molecule has 138 valence electrons. The van der Waals surface area contributed by atoms with Gasteiger partial charge in [-0.25, -0.2) is 0 Å². The molecule has 0 bridgehead atoms. The highest BCUT2D eigenvalue weighted by Crippen LogP contribution is 2.31. The van der Waals surface area contributed by atoms with Crippen molar-refractivity contribution in [2.24, 2.45) is 0 Å². The van der Waals surface area contributed by atoms with Gasteiger partial charge in [0.05, 0.1) is 13.2 Å². The number of thioether (sulfide) groups is 1. The van der Waals surface area contributed by atoms with E-state index >= 15 is 0 Å². The van der Waals surface area contributed by atoms with Crippen LogP contribution in [0.1, 0.15) is 11.1 Å². The first-order valence-corrected chi connectivity index (χ1v) is 9.92. The Morgan fingerprint density at radius 1 is 1.11 bits per heavy atom. The van der Waals surface area contributed by atoms with Gasteiger partial charge < -0.3 is 9.72 Å². The van der Waals surface area contributed by atoms with Crippen molar-refractivity contribution in [2.45, 2.75) is 24.4 Å². The molecule has 0 amide bonds. The van der Waals surface area contributed by atoms with Crippen LogP contribution < -0.4 is 0 Å². The summed E-state index contributed by atoms with van der Waals surface area (Å²) in [6.45, 7) is 3.45. The molecule has 5 nitrogen and oxygen atoms in total. The van der Waals surface area contributed by atoms with Crippen LogP contribution in [-0.2, 0) is 17.0 Å².